The van der Waals surface area contributed by atoms with Gasteiger partial charge in [-0.05, 0) is 26.2 Å². The van der Waals surface area contributed by atoms with Crippen molar-refractivity contribution in [3.8, 4) is 0 Å². The monoisotopic (exact) mass is 238 g/mol. The number of carbonyl (C=O) groups excluding carboxylic acids is 1. The number of nitrogens with zero attached hydrogens (tertiary/aromatic N) is 2. The summed E-state index contributed by atoms with van der Waals surface area (Å²) in [7, 11) is 0. The van der Waals surface area contributed by atoms with Gasteiger partial charge in [-0.15, -0.1) is 0 Å². The molecule has 6 nitrogen and oxygen atoms in total. The van der Waals surface area contributed by atoms with Gasteiger partial charge in [-0.2, -0.15) is 0 Å². The maximum absolute atomic E-state index is 12.2. The van der Waals surface area contributed by atoms with E-state index < -0.39 is 12.0 Å². The molecule has 0 aliphatic carbocycles. The number of carboxylic acid groups (broad SMARTS) is 1. The zero-order chi connectivity index (χ0) is 12.4. The topological polar surface area (TPSA) is 83.6 Å². The molecular weight excluding hydrogens is 224 g/mol. The van der Waals surface area contributed by atoms with Crippen LogP contribution in [0.15, 0.2) is 10.7 Å². The number of carboxylic acids is 1. The lowest BCUT2D eigenvalue weighted by molar-refractivity contribution is -0.143. The van der Waals surface area contributed by atoms with Crippen LogP contribution >= 0.6 is 0 Å². The van der Waals surface area contributed by atoms with Crippen molar-refractivity contribution in [1.29, 1.82) is 0 Å². The van der Waals surface area contributed by atoms with Gasteiger partial charge in [0, 0.05) is 6.54 Å². The van der Waals surface area contributed by atoms with Crippen LogP contribution in [0.3, 0.4) is 0 Å². The van der Waals surface area contributed by atoms with E-state index in [2.05, 4.69) is 5.16 Å². The maximum Gasteiger partial charge on any atom is 0.326 e. The molecule has 1 aliphatic rings. The summed E-state index contributed by atoms with van der Waals surface area (Å²) in [5, 5.41) is 12.6. The quantitative estimate of drug-likeness (QED) is 0.832. The second-order valence-corrected chi connectivity index (χ2v) is 4.14. The van der Waals surface area contributed by atoms with Gasteiger partial charge in [-0.25, -0.2) is 4.79 Å². The summed E-state index contributed by atoms with van der Waals surface area (Å²) in [6, 6.07) is -0.731. The van der Waals surface area contributed by atoms with E-state index in [1.165, 1.54) is 11.1 Å². The van der Waals surface area contributed by atoms with E-state index in [4.69, 9.17) is 9.63 Å². The van der Waals surface area contributed by atoms with Crippen molar-refractivity contribution in [1.82, 2.24) is 10.1 Å². The number of hydrogen-bond donors (Lipinski definition) is 1. The molecule has 0 spiro atoms. The number of likely N-dealkylation sites (tertiary alicyclic amines) is 1. The highest BCUT2D eigenvalue weighted by molar-refractivity contribution is 5.97. The molecule has 1 N–H and O–H groups in total. The summed E-state index contributed by atoms with van der Waals surface area (Å²) in [6.07, 6.45) is 3.51. The second kappa shape index (κ2) is 4.57. The number of rotatable bonds is 2. The SMILES string of the molecule is Cc1oncc1C(=O)N1CCCCC1C(=O)O. The molecule has 2 heterocycles. The molecule has 6 heteroatoms. The van der Waals surface area contributed by atoms with Crippen LogP contribution in [0.25, 0.3) is 0 Å². The summed E-state index contributed by atoms with van der Waals surface area (Å²) in [4.78, 5) is 24.6. The molecule has 1 aromatic rings. The van der Waals surface area contributed by atoms with Crippen LogP contribution in [0.5, 0.6) is 0 Å². The third-order valence-corrected chi connectivity index (χ3v) is 3.03. The van der Waals surface area contributed by atoms with E-state index >= 15 is 0 Å². The average Bonchev–Trinajstić information content (AvgIpc) is 2.74. The number of aromatic nitrogens is 1. The summed E-state index contributed by atoms with van der Waals surface area (Å²) in [5.74, 6) is -0.840. The zero-order valence-electron chi connectivity index (χ0n) is 9.55. The maximum atomic E-state index is 12.2. The Morgan fingerprint density at radius 3 is 2.88 bits per heavy atom. The Morgan fingerprint density at radius 2 is 2.29 bits per heavy atom. The number of aliphatic carboxylic acids is 1. The van der Waals surface area contributed by atoms with Gasteiger partial charge >= 0.3 is 5.97 Å². The molecule has 2 rings (SSSR count). The highest BCUT2D eigenvalue weighted by Gasteiger charge is 2.33. The van der Waals surface area contributed by atoms with Crippen molar-refractivity contribution in [2.45, 2.75) is 32.2 Å². The normalized spacial score (nSPS) is 20.3. The molecule has 0 aromatic carbocycles. The Hall–Kier alpha value is -1.85. The van der Waals surface area contributed by atoms with E-state index in [1.54, 1.807) is 6.92 Å². The first-order valence-electron chi connectivity index (χ1n) is 5.56. The highest BCUT2D eigenvalue weighted by atomic mass is 16.5. The second-order valence-electron chi connectivity index (χ2n) is 4.14. The smallest absolute Gasteiger partial charge is 0.326 e. The summed E-state index contributed by atoms with van der Waals surface area (Å²) in [5.41, 5.74) is 0.346. The van der Waals surface area contributed by atoms with Crippen molar-refractivity contribution in [3.05, 3.63) is 17.5 Å². The van der Waals surface area contributed by atoms with Gasteiger partial charge in [-0.3, -0.25) is 4.79 Å². The lowest BCUT2D eigenvalue weighted by Crippen LogP contribution is -2.48. The van der Waals surface area contributed by atoms with Crippen LogP contribution < -0.4 is 0 Å². The number of hydrogen-bond acceptors (Lipinski definition) is 4. The molecule has 1 saturated heterocycles. The van der Waals surface area contributed by atoms with Crippen molar-refractivity contribution >= 4 is 11.9 Å². The Kier molecular flexibility index (Phi) is 3.12. The number of carbonyl (C=O) groups is 2. The minimum atomic E-state index is -0.952. The van der Waals surface area contributed by atoms with Crippen molar-refractivity contribution in [2.75, 3.05) is 6.54 Å². The highest BCUT2D eigenvalue weighted by Crippen LogP contribution is 2.21. The van der Waals surface area contributed by atoms with E-state index in [-0.39, 0.29) is 5.91 Å². The first-order valence-corrected chi connectivity index (χ1v) is 5.56. The number of aryl methyl sites for hydroxylation is 1. The third-order valence-electron chi connectivity index (χ3n) is 3.03. The first kappa shape index (κ1) is 11.6. The molecule has 1 amide bonds. The molecule has 92 valence electrons. The summed E-state index contributed by atoms with van der Waals surface area (Å²) in [6.45, 7) is 2.11. The first-order chi connectivity index (χ1) is 8.11. The molecule has 17 heavy (non-hydrogen) atoms. The molecule has 0 bridgehead atoms. The minimum Gasteiger partial charge on any atom is -0.480 e. The Labute approximate surface area is 98.2 Å². The molecule has 1 atom stereocenters. The van der Waals surface area contributed by atoms with Crippen LogP contribution in [0, 0.1) is 6.92 Å². The molecule has 1 fully saturated rings. The van der Waals surface area contributed by atoms with Gasteiger partial charge in [0.15, 0.2) is 0 Å². The largest absolute Gasteiger partial charge is 0.480 e. The van der Waals surface area contributed by atoms with Crippen LogP contribution in [0.4, 0.5) is 0 Å². The van der Waals surface area contributed by atoms with Gasteiger partial charge in [-0.1, -0.05) is 5.16 Å². The lowest BCUT2D eigenvalue weighted by Gasteiger charge is -2.32. The van der Waals surface area contributed by atoms with Crippen LogP contribution in [-0.2, 0) is 4.79 Å². The molecular formula is C11H14N2O4. The number of amides is 1. The van der Waals surface area contributed by atoms with Crippen molar-refractivity contribution in [3.63, 3.8) is 0 Å². The standard InChI is InChI=1S/C11H14N2O4/c1-7-8(6-12-17-7)10(14)13-5-3-2-4-9(13)11(15)16/h6,9H,2-5H2,1H3,(H,15,16). The lowest BCUT2D eigenvalue weighted by atomic mass is 10.0. The predicted molar refractivity (Wildman–Crippen MR) is 57.6 cm³/mol. The summed E-state index contributed by atoms with van der Waals surface area (Å²) >= 11 is 0. The van der Waals surface area contributed by atoms with Crippen molar-refractivity contribution < 1.29 is 19.2 Å². The van der Waals surface area contributed by atoms with E-state index in [0.717, 1.165) is 12.8 Å². The van der Waals surface area contributed by atoms with Crippen molar-refractivity contribution in [2.24, 2.45) is 0 Å². The molecule has 1 aliphatic heterocycles. The van der Waals surface area contributed by atoms with Gasteiger partial charge in [0.1, 0.15) is 17.4 Å². The van der Waals surface area contributed by atoms with E-state index in [9.17, 15) is 9.59 Å². The molecule has 0 radical (unpaired) electrons. The average molecular weight is 238 g/mol. The predicted octanol–water partition coefficient (Wildman–Crippen LogP) is 1.06. The van der Waals surface area contributed by atoms with Gasteiger partial charge < -0.3 is 14.5 Å². The van der Waals surface area contributed by atoms with Gasteiger partial charge in [0.05, 0.1) is 6.20 Å². The number of piperidine rings is 1. The zero-order valence-corrected chi connectivity index (χ0v) is 9.55. The van der Waals surface area contributed by atoms with Gasteiger partial charge in [0.25, 0.3) is 5.91 Å². The Balaban J connectivity index is 2.23. The fourth-order valence-corrected chi connectivity index (χ4v) is 2.09. The molecule has 1 aromatic heterocycles. The van der Waals surface area contributed by atoms with Crippen LogP contribution in [0.1, 0.15) is 35.4 Å². The van der Waals surface area contributed by atoms with E-state index in [1.807, 2.05) is 0 Å². The van der Waals surface area contributed by atoms with Gasteiger partial charge in [0.2, 0.25) is 0 Å². The fourth-order valence-electron chi connectivity index (χ4n) is 2.09. The Morgan fingerprint density at radius 1 is 1.53 bits per heavy atom. The minimum absolute atomic E-state index is 0.309. The van der Waals surface area contributed by atoms with Crippen LogP contribution in [0.2, 0.25) is 0 Å². The Bertz CT molecular complexity index is 440. The van der Waals surface area contributed by atoms with E-state index in [0.29, 0.717) is 24.3 Å². The fraction of sp³-hybridized carbons (Fsp3) is 0.545. The third kappa shape index (κ3) is 2.15. The molecule has 0 saturated carbocycles. The summed E-state index contributed by atoms with van der Waals surface area (Å²) < 4.78 is 4.83. The van der Waals surface area contributed by atoms with Crippen LogP contribution in [-0.4, -0.2) is 39.6 Å². The molecule has 1 unspecified atom stereocenters.